The number of ether oxygens (including phenoxy) is 1. The lowest BCUT2D eigenvalue weighted by Crippen LogP contribution is -2.54. The maximum atomic E-state index is 13.9. The van der Waals surface area contributed by atoms with E-state index in [0.717, 1.165) is 38.8 Å². The smallest absolute Gasteiger partial charge is 0.253 e. The number of halogens is 1. The molecule has 3 aliphatic rings. The minimum Gasteiger partial charge on any atom is -0.375 e. The predicted octanol–water partition coefficient (Wildman–Crippen LogP) is 4.95. The van der Waals surface area contributed by atoms with Gasteiger partial charge in [0, 0.05) is 43.9 Å². The summed E-state index contributed by atoms with van der Waals surface area (Å²) in [7, 11) is 0. The second-order valence-corrected chi connectivity index (χ2v) is 9.82. The Morgan fingerprint density at radius 1 is 1.09 bits per heavy atom. The van der Waals surface area contributed by atoms with Crippen LogP contribution in [0.2, 0.25) is 0 Å². The van der Waals surface area contributed by atoms with Gasteiger partial charge in [0.05, 0.1) is 5.60 Å². The lowest BCUT2D eigenvalue weighted by molar-refractivity contribution is -0.131. The van der Waals surface area contributed by atoms with E-state index in [9.17, 15) is 9.18 Å². The Bertz CT molecular complexity index is 951. The highest BCUT2D eigenvalue weighted by Crippen LogP contribution is 2.40. The molecule has 1 aliphatic carbocycles. The second-order valence-electron chi connectivity index (χ2n) is 9.82. The van der Waals surface area contributed by atoms with Crippen molar-refractivity contribution in [2.75, 3.05) is 19.7 Å². The number of carbonyl (C=O) groups is 1. The third kappa shape index (κ3) is 4.60. The van der Waals surface area contributed by atoms with Crippen molar-refractivity contribution in [1.29, 1.82) is 0 Å². The molecule has 2 aliphatic heterocycles. The van der Waals surface area contributed by atoms with Crippen molar-refractivity contribution in [3.63, 3.8) is 0 Å². The predicted molar refractivity (Wildman–Crippen MR) is 123 cm³/mol. The van der Waals surface area contributed by atoms with Gasteiger partial charge in [0.25, 0.3) is 5.91 Å². The summed E-state index contributed by atoms with van der Waals surface area (Å²) in [6.07, 6.45) is 6.42. The van der Waals surface area contributed by atoms with Crippen LogP contribution in [0.3, 0.4) is 0 Å². The second kappa shape index (κ2) is 8.95. The van der Waals surface area contributed by atoms with E-state index in [2.05, 4.69) is 35.2 Å². The van der Waals surface area contributed by atoms with Gasteiger partial charge >= 0.3 is 0 Å². The van der Waals surface area contributed by atoms with Gasteiger partial charge < -0.3 is 9.64 Å². The number of nitrogens with zero attached hydrogens (tertiary/aromatic N) is 2. The van der Waals surface area contributed by atoms with Crippen LogP contribution in [0.4, 0.5) is 4.39 Å². The zero-order chi connectivity index (χ0) is 22.1. The molecule has 5 heteroatoms. The Balaban J connectivity index is 1.23. The third-order valence-electron chi connectivity index (χ3n) is 7.54. The van der Waals surface area contributed by atoms with Gasteiger partial charge in [-0.2, -0.15) is 0 Å². The van der Waals surface area contributed by atoms with Gasteiger partial charge in [-0.3, -0.25) is 9.69 Å². The molecule has 4 nitrogen and oxygen atoms in total. The summed E-state index contributed by atoms with van der Waals surface area (Å²) in [6, 6.07) is 16.8. The van der Waals surface area contributed by atoms with Crippen molar-refractivity contribution in [2.45, 2.75) is 69.7 Å². The van der Waals surface area contributed by atoms with Crippen LogP contribution in [-0.4, -0.2) is 53.1 Å². The first-order chi connectivity index (χ1) is 15.5. The molecule has 2 aromatic carbocycles. The molecular weight excluding hydrogens is 403 g/mol. The molecule has 2 saturated heterocycles. The number of likely N-dealkylation sites (tertiary alicyclic amines) is 1. The lowest BCUT2D eigenvalue weighted by Gasteiger charge is -2.48. The number of hydrogen-bond donors (Lipinski definition) is 0. The third-order valence-corrected chi connectivity index (χ3v) is 7.54. The molecule has 32 heavy (non-hydrogen) atoms. The zero-order valence-electron chi connectivity index (χ0n) is 18.9. The fraction of sp³-hybridized carbons (Fsp3) is 0.519. The molecule has 1 spiro atoms. The first kappa shape index (κ1) is 21.6. The topological polar surface area (TPSA) is 32.8 Å². The van der Waals surface area contributed by atoms with Crippen LogP contribution in [0.1, 0.15) is 60.0 Å². The van der Waals surface area contributed by atoms with Crippen molar-refractivity contribution >= 4 is 5.91 Å². The Hall–Kier alpha value is -2.24. The number of carbonyl (C=O) groups excluding carboxylic acids is 1. The lowest BCUT2D eigenvalue weighted by atomic mass is 9.81. The molecule has 0 radical (unpaired) electrons. The molecule has 1 saturated carbocycles. The van der Waals surface area contributed by atoms with Gasteiger partial charge in [0.1, 0.15) is 5.82 Å². The van der Waals surface area contributed by atoms with Crippen LogP contribution in [-0.2, 0) is 11.3 Å². The highest BCUT2D eigenvalue weighted by molar-refractivity contribution is 5.94. The Morgan fingerprint density at radius 3 is 2.53 bits per heavy atom. The molecule has 2 heterocycles. The van der Waals surface area contributed by atoms with E-state index < -0.39 is 0 Å². The number of amides is 1. The van der Waals surface area contributed by atoms with Crippen LogP contribution in [0.15, 0.2) is 48.5 Å². The molecule has 1 atom stereocenters. The van der Waals surface area contributed by atoms with E-state index in [-0.39, 0.29) is 17.3 Å². The van der Waals surface area contributed by atoms with Crippen molar-refractivity contribution in [3.8, 4) is 0 Å². The Kier molecular flexibility index (Phi) is 6.04. The summed E-state index contributed by atoms with van der Waals surface area (Å²) in [5.41, 5.74) is 2.25. The molecule has 0 aromatic heterocycles. The van der Waals surface area contributed by atoms with Gasteiger partial charge in [-0.15, -0.1) is 0 Å². The van der Waals surface area contributed by atoms with E-state index >= 15 is 0 Å². The van der Waals surface area contributed by atoms with E-state index in [1.54, 1.807) is 19.1 Å². The van der Waals surface area contributed by atoms with Crippen LogP contribution in [0, 0.1) is 12.7 Å². The first-order valence-corrected chi connectivity index (χ1v) is 12.0. The zero-order valence-corrected chi connectivity index (χ0v) is 18.9. The minimum absolute atomic E-state index is 0.0743. The quantitative estimate of drug-likeness (QED) is 0.665. The van der Waals surface area contributed by atoms with Crippen molar-refractivity contribution in [1.82, 2.24) is 9.80 Å². The number of hydrogen-bond acceptors (Lipinski definition) is 3. The number of benzene rings is 2. The molecule has 170 valence electrons. The van der Waals surface area contributed by atoms with Crippen molar-refractivity contribution < 1.29 is 13.9 Å². The van der Waals surface area contributed by atoms with Crippen LogP contribution < -0.4 is 0 Å². The van der Waals surface area contributed by atoms with Gasteiger partial charge in [0.15, 0.2) is 0 Å². The standard InChI is InChI=1S/C27H33FN2O2/c1-20-7-8-22(17-25(20)28)26(31)29-14-12-27(13-15-29)18-24(11-16-32-27)30(23-9-10-23)19-21-5-3-2-4-6-21/h2-8,17,23-24H,9-16,18-19H2,1H3. The monoisotopic (exact) mass is 436 g/mol. The van der Waals surface area contributed by atoms with E-state index in [4.69, 9.17) is 4.74 Å². The molecule has 3 fully saturated rings. The van der Waals surface area contributed by atoms with Crippen LogP contribution >= 0.6 is 0 Å². The number of rotatable bonds is 5. The van der Waals surface area contributed by atoms with Gasteiger partial charge in [-0.1, -0.05) is 36.4 Å². The summed E-state index contributed by atoms with van der Waals surface area (Å²) < 4.78 is 20.3. The maximum Gasteiger partial charge on any atom is 0.253 e. The molecule has 0 bridgehead atoms. The SMILES string of the molecule is Cc1ccc(C(=O)N2CCC3(CC2)CC(N(Cc2ccccc2)C2CC2)CCO3)cc1F. The van der Waals surface area contributed by atoms with E-state index in [0.29, 0.717) is 36.3 Å². The first-order valence-electron chi connectivity index (χ1n) is 12.0. The fourth-order valence-corrected chi connectivity index (χ4v) is 5.42. The van der Waals surface area contributed by atoms with Gasteiger partial charge in [-0.25, -0.2) is 4.39 Å². The van der Waals surface area contributed by atoms with Gasteiger partial charge in [0.2, 0.25) is 0 Å². The summed E-state index contributed by atoms with van der Waals surface area (Å²) in [4.78, 5) is 17.5. The van der Waals surface area contributed by atoms with Gasteiger partial charge in [-0.05, 0) is 68.7 Å². The normalized spacial score (nSPS) is 23.0. The van der Waals surface area contributed by atoms with E-state index in [1.807, 2.05) is 4.90 Å². The Labute approximate surface area is 190 Å². The summed E-state index contributed by atoms with van der Waals surface area (Å²) in [5.74, 6) is -0.392. The largest absolute Gasteiger partial charge is 0.375 e. The highest BCUT2D eigenvalue weighted by atomic mass is 19.1. The summed E-state index contributed by atoms with van der Waals surface area (Å²) in [5, 5.41) is 0. The highest BCUT2D eigenvalue weighted by Gasteiger charge is 2.45. The maximum absolute atomic E-state index is 13.9. The van der Waals surface area contributed by atoms with Crippen LogP contribution in [0.25, 0.3) is 0 Å². The molecule has 1 amide bonds. The molecule has 0 N–H and O–H groups in total. The molecule has 2 aromatic rings. The molecule has 5 rings (SSSR count). The van der Waals surface area contributed by atoms with Crippen molar-refractivity contribution in [3.05, 3.63) is 71.0 Å². The summed E-state index contributed by atoms with van der Waals surface area (Å²) in [6.45, 7) is 4.86. The fourth-order valence-electron chi connectivity index (χ4n) is 5.42. The summed E-state index contributed by atoms with van der Waals surface area (Å²) >= 11 is 0. The van der Waals surface area contributed by atoms with Crippen molar-refractivity contribution in [2.24, 2.45) is 0 Å². The molecular formula is C27H33FN2O2. The average molecular weight is 437 g/mol. The van der Waals surface area contributed by atoms with Crippen LogP contribution in [0.5, 0.6) is 0 Å². The minimum atomic E-state index is -0.318. The molecule has 1 unspecified atom stereocenters. The average Bonchev–Trinajstić information content (AvgIpc) is 3.65. The Morgan fingerprint density at radius 2 is 1.84 bits per heavy atom. The van der Waals surface area contributed by atoms with E-state index in [1.165, 1.54) is 24.5 Å². The number of aryl methyl sites for hydroxylation is 1. The number of piperidine rings is 1.